The number of rotatable bonds is 9. The number of methoxy groups -OCH3 is 2. The van der Waals surface area contributed by atoms with Gasteiger partial charge < -0.3 is 24.4 Å². The largest absolute Gasteiger partial charge is 0.492 e. The highest BCUT2D eigenvalue weighted by atomic mass is 32.1. The molecule has 0 unspecified atom stereocenters. The summed E-state index contributed by atoms with van der Waals surface area (Å²) in [6.45, 7) is 1.05. The molecule has 1 atom stereocenters. The van der Waals surface area contributed by atoms with Crippen LogP contribution in [0.2, 0.25) is 0 Å². The molecule has 0 bridgehead atoms. The van der Waals surface area contributed by atoms with Crippen LogP contribution in [0.1, 0.15) is 70.8 Å². The van der Waals surface area contributed by atoms with E-state index in [0.29, 0.717) is 57.2 Å². The van der Waals surface area contributed by atoms with E-state index in [1.165, 1.54) is 38.5 Å². The summed E-state index contributed by atoms with van der Waals surface area (Å²) >= 11 is 4.93. The number of aryl methyl sites for hydroxylation is 1. The first kappa shape index (κ1) is 31.1. The van der Waals surface area contributed by atoms with E-state index in [1.54, 1.807) is 19.1 Å². The maximum absolute atomic E-state index is 15.3. The topological polar surface area (TPSA) is 126 Å². The smallest absolute Gasteiger partial charge is 0.294 e. The van der Waals surface area contributed by atoms with Crippen molar-refractivity contribution in [3.8, 4) is 28.4 Å². The molecular formula is C32H33FN2O8S. The van der Waals surface area contributed by atoms with Crippen molar-refractivity contribution in [1.29, 1.82) is 0 Å². The number of hydrogen-bond donors (Lipinski definition) is 2. The van der Waals surface area contributed by atoms with Crippen molar-refractivity contribution in [3.05, 3.63) is 90.4 Å². The van der Waals surface area contributed by atoms with Crippen molar-refractivity contribution >= 4 is 18.5 Å². The van der Waals surface area contributed by atoms with E-state index in [-0.39, 0.29) is 22.7 Å². The Bertz CT molecular complexity index is 1680. The summed E-state index contributed by atoms with van der Waals surface area (Å²) in [5.41, 5.74) is 2.42. The highest BCUT2D eigenvalue weighted by Gasteiger charge is 2.33. The molecule has 1 amide bonds. The predicted octanol–water partition coefficient (Wildman–Crippen LogP) is 5.91. The molecule has 3 aromatic carbocycles. The average Bonchev–Trinajstić information content (AvgIpc) is 3.41. The van der Waals surface area contributed by atoms with Crippen LogP contribution >= 0.6 is 12.6 Å². The zero-order chi connectivity index (χ0) is 31.5. The fourth-order valence-electron chi connectivity index (χ4n) is 5.96. The van der Waals surface area contributed by atoms with E-state index in [1.807, 2.05) is 0 Å². The van der Waals surface area contributed by atoms with Gasteiger partial charge in [-0.25, -0.2) is 4.39 Å². The lowest BCUT2D eigenvalue weighted by molar-refractivity contribution is -0.763. The van der Waals surface area contributed by atoms with Crippen LogP contribution in [0.15, 0.2) is 46.1 Å². The number of benzene rings is 2. The molecule has 44 heavy (non-hydrogen) atoms. The minimum Gasteiger partial charge on any atom is -0.492 e. The van der Waals surface area contributed by atoms with Crippen molar-refractivity contribution in [2.24, 2.45) is 0 Å². The Morgan fingerprint density at radius 1 is 1.09 bits per heavy atom. The highest BCUT2D eigenvalue weighted by Crippen LogP contribution is 2.54. The Kier molecular flexibility index (Phi) is 9.28. The Morgan fingerprint density at radius 2 is 1.82 bits per heavy atom. The molecular weight excluding hydrogens is 591 g/mol. The third-order valence-corrected chi connectivity index (χ3v) is 8.68. The summed E-state index contributed by atoms with van der Waals surface area (Å²) in [4.78, 5) is 42.1. The SMILES string of the molecule is COc1c(OC2CCCC2)c(S)c2c(c1OC)-c1ccc(C)c(=O)cc1[C@@H](NC(=O)c1cccc(CO[N+](=O)[O-])c1F)CC2. The van der Waals surface area contributed by atoms with Gasteiger partial charge in [0.15, 0.2) is 16.9 Å². The minimum absolute atomic E-state index is 0.0209. The molecule has 2 aliphatic rings. The molecule has 10 nitrogen and oxygen atoms in total. The zero-order valence-electron chi connectivity index (χ0n) is 24.6. The van der Waals surface area contributed by atoms with E-state index >= 15 is 4.39 Å². The van der Waals surface area contributed by atoms with Gasteiger partial charge in [0, 0.05) is 11.1 Å². The standard InChI is InChI=1S/C32H33FN2O8S/c1-17-11-12-20-23(15-25(17)36)24(34-32(37)22-10-6-7-18(27(22)33)16-42-35(38)39)14-13-21-26(20)28(40-2)29(41-3)30(31(21)44)43-19-8-4-5-9-19/h6-7,10-12,15,19,24,44H,4-5,8-9,13-14,16H2,1-3H3,(H,34,37)/t24-/m0/s1. The van der Waals surface area contributed by atoms with Gasteiger partial charge >= 0.3 is 0 Å². The van der Waals surface area contributed by atoms with Gasteiger partial charge in [0.2, 0.25) is 5.75 Å². The maximum atomic E-state index is 15.3. The van der Waals surface area contributed by atoms with E-state index in [4.69, 9.17) is 26.8 Å². The van der Waals surface area contributed by atoms with Crippen LogP contribution < -0.4 is 25.0 Å². The lowest BCUT2D eigenvalue weighted by Crippen LogP contribution is -2.30. The first-order chi connectivity index (χ1) is 21.1. The van der Waals surface area contributed by atoms with E-state index < -0.39 is 29.5 Å². The number of nitrogens with zero attached hydrogens (tertiary/aromatic N) is 1. The molecule has 0 aromatic heterocycles. The monoisotopic (exact) mass is 624 g/mol. The summed E-state index contributed by atoms with van der Waals surface area (Å²) in [7, 11) is 3.06. The zero-order valence-corrected chi connectivity index (χ0v) is 25.5. The van der Waals surface area contributed by atoms with Crippen molar-refractivity contribution in [1.82, 2.24) is 5.32 Å². The van der Waals surface area contributed by atoms with Gasteiger partial charge in [-0.3, -0.25) is 9.59 Å². The Balaban J connectivity index is 1.62. The summed E-state index contributed by atoms with van der Waals surface area (Å²) in [6.07, 6.45) is 4.76. The molecule has 2 aliphatic carbocycles. The quantitative estimate of drug-likeness (QED) is 0.171. The van der Waals surface area contributed by atoms with Gasteiger partial charge in [0.25, 0.3) is 11.0 Å². The number of carbonyl (C=O) groups is 1. The fraction of sp³-hybridized carbons (Fsp3) is 0.375. The molecule has 5 rings (SSSR count). The lowest BCUT2D eigenvalue weighted by atomic mass is 9.95. The van der Waals surface area contributed by atoms with Crippen LogP contribution in [0.4, 0.5) is 4.39 Å². The van der Waals surface area contributed by atoms with Gasteiger partial charge in [0.05, 0.1) is 36.8 Å². The van der Waals surface area contributed by atoms with E-state index in [0.717, 1.165) is 31.2 Å². The first-order valence-electron chi connectivity index (χ1n) is 14.3. The fourth-order valence-corrected chi connectivity index (χ4v) is 6.34. The van der Waals surface area contributed by atoms with Crippen LogP contribution in [0, 0.1) is 22.9 Å². The summed E-state index contributed by atoms with van der Waals surface area (Å²) in [5, 5.41) is 12.5. The second-order valence-corrected chi connectivity index (χ2v) is 11.3. The van der Waals surface area contributed by atoms with Gasteiger partial charge in [-0.1, -0.05) is 24.3 Å². The van der Waals surface area contributed by atoms with E-state index in [2.05, 4.69) is 10.2 Å². The molecule has 232 valence electrons. The minimum atomic E-state index is -1.03. The van der Waals surface area contributed by atoms with Crippen LogP contribution in [0.3, 0.4) is 0 Å². The molecule has 0 spiro atoms. The number of halogens is 1. The molecule has 1 saturated carbocycles. The van der Waals surface area contributed by atoms with Crippen molar-refractivity contribution < 1.29 is 33.3 Å². The van der Waals surface area contributed by atoms with Crippen molar-refractivity contribution in [2.45, 2.75) is 69.1 Å². The average molecular weight is 625 g/mol. The molecule has 0 heterocycles. The van der Waals surface area contributed by atoms with Crippen molar-refractivity contribution in [3.63, 3.8) is 0 Å². The van der Waals surface area contributed by atoms with Gasteiger partial charge in [-0.05, 0) is 79.8 Å². The second kappa shape index (κ2) is 13.1. The van der Waals surface area contributed by atoms with E-state index in [9.17, 15) is 19.7 Å². The molecule has 3 aromatic rings. The molecule has 0 aliphatic heterocycles. The summed E-state index contributed by atoms with van der Waals surface area (Å²) in [6, 6.07) is 8.29. The lowest BCUT2D eigenvalue weighted by Gasteiger charge is -2.24. The Hall–Kier alpha value is -4.32. The number of hydrogen-bond acceptors (Lipinski definition) is 9. The van der Waals surface area contributed by atoms with Crippen LogP contribution in [0.25, 0.3) is 11.1 Å². The number of thiol groups is 1. The van der Waals surface area contributed by atoms with Crippen LogP contribution in [-0.2, 0) is 17.9 Å². The molecule has 1 N–H and O–H groups in total. The van der Waals surface area contributed by atoms with Crippen LogP contribution in [-0.4, -0.2) is 31.3 Å². The molecule has 12 heteroatoms. The molecule has 0 saturated heterocycles. The third kappa shape index (κ3) is 6.03. The first-order valence-corrected chi connectivity index (χ1v) is 14.8. The number of nitrogens with one attached hydrogen (secondary N) is 1. The third-order valence-electron chi connectivity index (χ3n) is 8.21. The second-order valence-electron chi connectivity index (χ2n) is 10.9. The normalized spacial score (nSPS) is 15.9. The Morgan fingerprint density at radius 3 is 2.50 bits per heavy atom. The van der Waals surface area contributed by atoms with Gasteiger partial charge in [0.1, 0.15) is 12.4 Å². The number of ether oxygens (including phenoxy) is 3. The van der Waals surface area contributed by atoms with Crippen molar-refractivity contribution in [2.75, 3.05) is 14.2 Å². The maximum Gasteiger partial charge on any atom is 0.294 e. The molecule has 0 radical (unpaired) electrons. The highest BCUT2D eigenvalue weighted by molar-refractivity contribution is 7.80. The van der Waals surface area contributed by atoms with Gasteiger partial charge in [-0.15, -0.1) is 22.7 Å². The number of carbonyl (C=O) groups excluding carboxylic acids is 1. The number of fused-ring (bicyclic) bond motifs is 3. The molecule has 1 fully saturated rings. The summed E-state index contributed by atoms with van der Waals surface area (Å²) < 4.78 is 33.5. The summed E-state index contributed by atoms with van der Waals surface area (Å²) in [5.74, 6) is -0.385. The van der Waals surface area contributed by atoms with Crippen LogP contribution in [0.5, 0.6) is 17.2 Å². The van der Waals surface area contributed by atoms with Gasteiger partial charge in [-0.2, -0.15) is 0 Å². The number of amides is 1. The predicted molar refractivity (Wildman–Crippen MR) is 163 cm³/mol. The Labute approximate surface area is 259 Å².